The van der Waals surface area contributed by atoms with Crippen LogP contribution in [0, 0.1) is 13.8 Å². The van der Waals surface area contributed by atoms with E-state index in [1.807, 2.05) is 57.4 Å². The van der Waals surface area contributed by atoms with Gasteiger partial charge in [-0.1, -0.05) is 12.1 Å². The standard InChI is InChI=1S/C32H39N11O2/c1-6-43(7-2)27-14-29(36-19-35-27)45-22-11-12-42(17-22)18-28(44)37-25-10-8-9-23-24(16-33-31(23)25)30-20(3)15-34-32(39-30)38-26-13-21(4)41(5)40-26/h8-10,13-16,19,22,33H,6-7,11-12,17-18H2,1-5H3,(H,37,44)(H,34,38,39,40). The number of nitrogens with one attached hydrogen (secondary N) is 3. The van der Waals surface area contributed by atoms with Gasteiger partial charge in [0.2, 0.25) is 17.7 Å². The smallest absolute Gasteiger partial charge is 0.238 e. The first kappa shape index (κ1) is 30.0. The van der Waals surface area contributed by atoms with Gasteiger partial charge in [-0.25, -0.2) is 19.9 Å². The van der Waals surface area contributed by atoms with E-state index in [9.17, 15) is 4.79 Å². The SMILES string of the molecule is CCN(CC)c1cc(OC2CCN(CC(=O)Nc3cccc4c(-c5nc(Nc6cc(C)n(C)n6)ncc5C)c[nH]c34)C2)ncn1. The van der Waals surface area contributed by atoms with Crippen molar-refractivity contribution in [2.24, 2.45) is 7.05 Å². The Morgan fingerprint density at radius 2 is 2.00 bits per heavy atom. The monoisotopic (exact) mass is 609 g/mol. The minimum atomic E-state index is -0.0829. The summed E-state index contributed by atoms with van der Waals surface area (Å²) in [5.41, 5.74) is 5.24. The van der Waals surface area contributed by atoms with Crippen molar-refractivity contribution in [3.63, 3.8) is 0 Å². The molecule has 0 radical (unpaired) electrons. The second kappa shape index (κ2) is 12.9. The van der Waals surface area contributed by atoms with Gasteiger partial charge in [0.05, 0.1) is 23.4 Å². The number of rotatable bonds is 11. The lowest BCUT2D eigenvalue weighted by atomic mass is 10.1. The quantitative estimate of drug-likeness (QED) is 0.197. The zero-order chi connectivity index (χ0) is 31.5. The Bertz CT molecular complexity index is 1790. The zero-order valence-electron chi connectivity index (χ0n) is 26.3. The number of anilines is 4. The summed E-state index contributed by atoms with van der Waals surface area (Å²) in [5, 5.41) is 11.7. The van der Waals surface area contributed by atoms with E-state index in [1.165, 1.54) is 0 Å². The highest BCUT2D eigenvalue weighted by molar-refractivity contribution is 6.06. The number of fused-ring (bicyclic) bond motifs is 1. The van der Waals surface area contributed by atoms with Crippen molar-refractivity contribution in [1.82, 2.24) is 39.6 Å². The first-order valence-electron chi connectivity index (χ1n) is 15.3. The van der Waals surface area contributed by atoms with Gasteiger partial charge >= 0.3 is 0 Å². The number of nitrogens with zero attached hydrogens (tertiary/aromatic N) is 8. The molecule has 6 rings (SSSR count). The number of para-hydroxylation sites is 1. The summed E-state index contributed by atoms with van der Waals surface area (Å²) in [6, 6.07) is 9.70. The summed E-state index contributed by atoms with van der Waals surface area (Å²) < 4.78 is 7.97. The van der Waals surface area contributed by atoms with E-state index in [4.69, 9.17) is 9.72 Å². The fraction of sp³-hybridized carbons (Fsp3) is 0.375. The van der Waals surface area contributed by atoms with Crippen LogP contribution in [0.25, 0.3) is 22.2 Å². The molecule has 45 heavy (non-hydrogen) atoms. The van der Waals surface area contributed by atoms with Crippen molar-refractivity contribution in [2.45, 2.75) is 40.2 Å². The molecule has 4 aromatic heterocycles. The highest BCUT2D eigenvalue weighted by Crippen LogP contribution is 2.33. The summed E-state index contributed by atoms with van der Waals surface area (Å²) in [5.74, 6) is 2.48. The minimum absolute atomic E-state index is 0.0381. The highest BCUT2D eigenvalue weighted by Gasteiger charge is 2.26. The molecule has 1 saturated heterocycles. The Labute approximate surface area is 262 Å². The third kappa shape index (κ3) is 6.58. The maximum absolute atomic E-state index is 13.2. The Morgan fingerprint density at radius 3 is 2.78 bits per heavy atom. The van der Waals surface area contributed by atoms with Crippen molar-refractivity contribution < 1.29 is 9.53 Å². The number of aromatic nitrogens is 7. The summed E-state index contributed by atoms with van der Waals surface area (Å²) in [4.78, 5) is 38.7. The molecule has 5 aromatic rings. The van der Waals surface area contributed by atoms with Gasteiger partial charge in [-0.05, 0) is 45.7 Å². The molecule has 1 amide bonds. The number of likely N-dealkylation sites (tertiary alicyclic amines) is 1. The number of ether oxygens (including phenoxy) is 1. The number of H-pyrrole nitrogens is 1. The zero-order valence-corrected chi connectivity index (χ0v) is 26.3. The second-order valence-electron chi connectivity index (χ2n) is 11.3. The summed E-state index contributed by atoms with van der Waals surface area (Å²) in [7, 11) is 1.89. The molecule has 234 valence electrons. The fourth-order valence-electron chi connectivity index (χ4n) is 5.68. The number of aromatic amines is 1. The van der Waals surface area contributed by atoms with E-state index in [0.717, 1.165) is 71.0 Å². The van der Waals surface area contributed by atoms with Gasteiger partial charge in [-0.15, -0.1) is 0 Å². The van der Waals surface area contributed by atoms with E-state index in [-0.39, 0.29) is 18.6 Å². The molecule has 13 heteroatoms. The van der Waals surface area contributed by atoms with Crippen LogP contribution in [0.5, 0.6) is 5.88 Å². The lowest BCUT2D eigenvalue weighted by Gasteiger charge is -2.20. The van der Waals surface area contributed by atoms with Crippen molar-refractivity contribution in [2.75, 3.05) is 48.3 Å². The molecule has 1 aliphatic heterocycles. The molecular formula is C32H39N11O2. The van der Waals surface area contributed by atoms with Crippen molar-refractivity contribution in [3.8, 4) is 17.1 Å². The van der Waals surface area contributed by atoms with Crippen LogP contribution in [-0.4, -0.2) is 84.3 Å². The van der Waals surface area contributed by atoms with Crippen LogP contribution in [0.4, 0.5) is 23.3 Å². The summed E-state index contributed by atoms with van der Waals surface area (Å²) in [6.45, 7) is 11.6. The van der Waals surface area contributed by atoms with Gasteiger partial charge in [-0.2, -0.15) is 5.10 Å². The molecular weight excluding hydrogens is 570 g/mol. The lowest BCUT2D eigenvalue weighted by molar-refractivity contribution is -0.117. The molecule has 0 aliphatic carbocycles. The molecule has 13 nitrogen and oxygen atoms in total. The predicted molar refractivity (Wildman–Crippen MR) is 175 cm³/mol. The molecule has 0 spiro atoms. The van der Waals surface area contributed by atoms with E-state index in [1.54, 1.807) is 17.2 Å². The average Bonchev–Trinajstić information content (AvgIpc) is 3.74. The molecule has 0 saturated carbocycles. The van der Waals surface area contributed by atoms with Crippen LogP contribution in [0.15, 0.2) is 49.1 Å². The Balaban J connectivity index is 1.11. The Hall–Kier alpha value is -5.04. The third-order valence-electron chi connectivity index (χ3n) is 8.17. The van der Waals surface area contributed by atoms with Crippen LogP contribution in [0.2, 0.25) is 0 Å². The maximum Gasteiger partial charge on any atom is 0.238 e. The maximum atomic E-state index is 13.2. The largest absolute Gasteiger partial charge is 0.473 e. The first-order valence-corrected chi connectivity index (χ1v) is 15.3. The van der Waals surface area contributed by atoms with Crippen LogP contribution >= 0.6 is 0 Å². The number of hydrogen-bond donors (Lipinski definition) is 3. The average molecular weight is 610 g/mol. The molecule has 5 heterocycles. The molecule has 1 aliphatic rings. The molecule has 1 fully saturated rings. The Kier molecular flexibility index (Phi) is 8.60. The van der Waals surface area contributed by atoms with Crippen LogP contribution in [-0.2, 0) is 11.8 Å². The lowest BCUT2D eigenvalue weighted by Crippen LogP contribution is -2.33. The number of carbonyl (C=O) groups excluding carboxylic acids is 1. The van der Waals surface area contributed by atoms with Crippen molar-refractivity contribution in [3.05, 3.63) is 60.3 Å². The van der Waals surface area contributed by atoms with Gasteiger partial charge in [0.1, 0.15) is 18.2 Å². The molecule has 1 atom stereocenters. The molecule has 1 aromatic carbocycles. The first-order chi connectivity index (χ1) is 21.8. The van der Waals surface area contributed by atoms with Gasteiger partial charge in [0.15, 0.2) is 5.82 Å². The third-order valence-corrected chi connectivity index (χ3v) is 8.17. The van der Waals surface area contributed by atoms with Crippen molar-refractivity contribution >= 4 is 40.1 Å². The number of carbonyl (C=O) groups is 1. The van der Waals surface area contributed by atoms with Gasteiger partial charge in [0, 0.05) is 74.4 Å². The van der Waals surface area contributed by atoms with Gasteiger partial charge in [0.25, 0.3) is 0 Å². The number of amides is 1. The van der Waals surface area contributed by atoms with Gasteiger partial charge in [-0.3, -0.25) is 14.4 Å². The van der Waals surface area contributed by atoms with E-state index in [2.05, 4.69) is 59.3 Å². The molecule has 0 bridgehead atoms. The van der Waals surface area contributed by atoms with Crippen molar-refractivity contribution in [1.29, 1.82) is 0 Å². The number of aryl methyl sites for hydroxylation is 3. The van der Waals surface area contributed by atoms with Crippen LogP contribution in [0.3, 0.4) is 0 Å². The molecule has 1 unspecified atom stereocenters. The number of hydrogen-bond acceptors (Lipinski definition) is 10. The second-order valence-corrected chi connectivity index (χ2v) is 11.3. The molecule has 3 N–H and O–H groups in total. The summed E-state index contributed by atoms with van der Waals surface area (Å²) >= 11 is 0. The van der Waals surface area contributed by atoms with E-state index in [0.29, 0.717) is 24.2 Å². The number of benzene rings is 1. The highest BCUT2D eigenvalue weighted by atomic mass is 16.5. The fourth-order valence-corrected chi connectivity index (χ4v) is 5.68. The van der Waals surface area contributed by atoms with Crippen LogP contribution < -0.4 is 20.3 Å². The predicted octanol–water partition coefficient (Wildman–Crippen LogP) is 4.45. The Morgan fingerprint density at radius 1 is 1.16 bits per heavy atom. The van der Waals surface area contributed by atoms with Crippen LogP contribution in [0.1, 0.15) is 31.5 Å². The summed E-state index contributed by atoms with van der Waals surface area (Å²) in [6.07, 6.45) is 6.05. The minimum Gasteiger partial charge on any atom is -0.473 e. The van der Waals surface area contributed by atoms with E-state index < -0.39 is 0 Å². The van der Waals surface area contributed by atoms with E-state index >= 15 is 0 Å². The normalized spacial score (nSPS) is 15.0. The topological polar surface area (TPSA) is 142 Å². The van der Waals surface area contributed by atoms with Gasteiger partial charge < -0.3 is 25.3 Å².